The SMILES string of the molecule is C=CCN(Cc1ccccc1)C(=O)[C@@H]1[C@@H]2CC(C)C3(S2)C(C(=O)N(CC=C)C(C)(C)C)N([C@@H](CC)CO)C(=O)[C@H]13. The molecule has 0 aliphatic carbocycles. The number of amides is 3. The van der Waals surface area contributed by atoms with Gasteiger partial charge >= 0.3 is 0 Å². The third-order valence-electron chi connectivity index (χ3n) is 9.04. The van der Waals surface area contributed by atoms with Gasteiger partial charge in [0.05, 0.1) is 29.2 Å². The van der Waals surface area contributed by atoms with Gasteiger partial charge in [0, 0.05) is 30.4 Å². The minimum absolute atomic E-state index is 0.0475. The number of carbonyl (C=O) groups is 3. The number of likely N-dealkylation sites (tertiary alicyclic amines) is 1. The smallest absolute Gasteiger partial charge is 0.247 e. The fourth-order valence-electron chi connectivity index (χ4n) is 7.20. The van der Waals surface area contributed by atoms with Crippen LogP contribution < -0.4 is 0 Å². The van der Waals surface area contributed by atoms with Crippen LogP contribution in [-0.4, -0.2) is 84.8 Å². The van der Waals surface area contributed by atoms with E-state index in [1.807, 2.05) is 58.0 Å². The zero-order chi connectivity index (χ0) is 29.4. The quantitative estimate of drug-likeness (QED) is 0.407. The summed E-state index contributed by atoms with van der Waals surface area (Å²) < 4.78 is -0.737. The maximum absolute atomic E-state index is 14.6. The van der Waals surface area contributed by atoms with E-state index in [4.69, 9.17) is 0 Å². The Hall–Kier alpha value is -2.58. The highest BCUT2D eigenvalue weighted by molar-refractivity contribution is 8.02. The molecule has 1 spiro atoms. The summed E-state index contributed by atoms with van der Waals surface area (Å²) in [5, 5.41) is 10.3. The molecule has 3 aliphatic rings. The Morgan fingerprint density at radius 2 is 1.82 bits per heavy atom. The molecular formula is C32H45N3O4S. The van der Waals surface area contributed by atoms with Crippen molar-refractivity contribution in [1.82, 2.24) is 14.7 Å². The van der Waals surface area contributed by atoms with Crippen LogP contribution in [0.4, 0.5) is 0 Å². The number of fused-ring (bicyclic) bond motifs is 1. The van der Waals surface area contributed by atoms with E-state index in [9.17, 15) is 19.5 Å². The highest BCUT2D eigenvalue weighted by atomic mass is 32.2. The molecule has 4 rings (SSSR count). The number of benzene rings is 1. The average molecular weight is 568 g/mol. The van der Waals surface area contributed by atoms with Crippen molar-refractivity contribution in [2.24, 2.45) is 17.8 Å². The summed E-state index contributed by atoms with van der Waals surface area (Å²) in [6.07, 6.45) is 4.73. The number of nitrogens with zero attached hydrogens (tertiary/aromatic N) is 3. The zero-order valence-electron chi connectivity index (χ0n) is 24.6. The van der Waals surface area contributed by atoms with E-state index in [1.54, 1.807) is 38.6 Å². The summed E-state index contributed by atoms with van der Waals surface area (Å²) in [6.45, 7) is 18.7. The minimum Gasteiger partial charge on any atom is -0.394 e. The summed E-state index contributed by atoms with van der Waals surface area (Å²) in [5.41, 5.74) is 0.520. The lowest BCUT2D eigenvalue weighted by atomic mass is 9.65. The lowest BCUT2D eigenvalue weighted by Gasteiger charge is -2.45. The van der Waals surface area contributed by atoms with Crippen molar-refractivity contribution in [2.45, 2.75) is 81.6 Å². The molecule has 3 heterocycles. The molecule has 0 radical (unpaired) electrons. The van der Waals surface area contributed by atoms with Crippen molar-refractivity contribution in [3.63, 3.8) is 0 Å². The normalized spacial score (nSPS) is 29.7. The Bertz CT molecular complexity index is 1130. The molecule has 3 saturated heterocycles. The van der Waals surface area contributed by atoms with Crippen LogP contribution in [-0.2, 0) is 20.9 Å². The number of thioether (sulfide) groups is 1. The third-order valence-corrected chi connectivity index (χ3v) is 11.1. The summed E-state index contributed by atoms with van der Waals surface area (Å²) in [7, 11) is 0. The van der Waals surface area contributed by atoms with Crippen molar-refractivity contribution >= 4 is 29.5 Å². The topological polar surface area (TPSA) is 81.2 Å². The van der Waals surface area contributed by atoms with E-state index in [0.717, 1.165) is 12.0 Å². The maximum Gasteiger partial charge on any atom is 0.247 e. The van der Waals surface area contributed by atoms with E-state index < -0.39 is 34.2 Å². The van der Waals surface area contributed by atoms with E-state index in [-0.39, 0.29) is 35.5 Å². The second kappa shape index (κ2) is 11.7. The van der Waals surface area contributed by atoms with E-state index in [2.05, 4.69) is 20.1 Å². The predicted molar refractivity (Wildman–Crippen MR) is 160 cm³/mol. The van der Waals surface area contributed by atoms with Gasteiger partial charge in [0.15, 0.2) is 0 Å². The number of rotatable bonds is 11. The molecule has 3 fully saturated rings. The molecular weight excluding hydrogens is 522 g/mol. The Balaban J connectivity index is 1.80. The molecule has 3 aliphatic heterocycles. The maximum atomic E-state index is 14.6. The molecule has 8 heteroatoms. The predicted octanol–water partition coefficient (Wildman–Crippen LogP) is 4.12. The Labute approximate surface area is 243 Å². The second-order valence-corrected chi connectivity index (χ2v) is 14.0. The Kier molecular flexibility index (Phi) is 8.91. The Morgan fingerprint density at radius 3 is 2.38 bits per heavy atom. The molecule has 0 saturated carbocycles. The van der Waals surface area contributed by atoms with Crippen molar-refractivity contribution in [2.75, 3.05) is 19.7 Å². The number of aliphatic hydroxyl groups is 1. The van der Waals surface area contributed by atoms with Crippen molar-refractivity contribution in [3.8, 4) is 0 Å². The summed E-state index contributed by atoms with van der Waals surface area (Å²) in [6, 6.07) is 8.58. The fourth-order valence-corrected chi connectivity index (χ4v) is 9.60. The monoisotopic (exact) mass is 567 g/mol. The van der Waals surface area contributed by atoms with Gasteiger partial charge < -0.3 is 19.8 Å². The van der Waals surface area contributed by atoms with Crippen LogP contribution in [0.5, 0.6) is 0 Å². The first-order chi connectivity index (χ1) is 19.0. The van der Waals surface area contributed by atoms with Gasteiger partial charge in [-0.15, -0.1) is 24.9 Å². The van der Waals surface area contributed by atoms with E-state index in [1.165, 1.54) is 0 Å². The first-order valence-electron chi connectivity index (χ1n) is 14.4. The van der Waals surface area contributed by atoms with Gasteiger partial charge in [0.2, 0.25) is 17.7 Å². The first-order valence-corrected chi connectivity index (χ1v) is 15.3. The number of hydrogen-bond donors (Lipinski definition) is 1. The standard InChI is InChI=1S/C32H45N3O4S/c1-8-16-33(19-22-14-12-11-13-15-22)28(37)25-24-18-21(4)32(40-24)26(25)29(38)35(23(10-3)20-36)27(32)30(39)34(17-9-2)31(5,6)7/h8-9,11-15,21,23-27,36H,1-2,10,16-20H2,3-7H3/t21?,23-,24-,25+,26-,27?,32?/m0/s1. The Morgan fingerprint density at radius 1 is 1.18 bits per heavy atom. The molecule has 40 heavy (non-hydrogen) atoms. The van der Waals surface area contributed by atoms with Gasteiger partial charge in [-0.3, -0.25) is 14.4 Å². The molecule has 2 bridgehead atoms. The molecule has 218 valence electrons. The molecule has 7 nitrogen and oxygen atoms in total. The van der Waals surface area contributed by atoms with Gasteiger partial charge in [0.1, 0.15) is 6.04 Å². The van der Waals surface area contributed by atoms with Crippen molar-refractivity contribution in [1.29, 1.82) is 0 Å². The van der Waals surface area contributed by atoms with Crippen molar-refractivity contribution < 1.29 is 19.5 Å². The highest BCUT2D eigenvalue weighted by Crippen LogP contribution is 2.69. The number of hydrogen-bond acceptors (Lipinski definition) is 5. The molecule has 1 aromatic carbocycles. The van der Waals surface area contributed by atoms with E-state index in [0.29, 0.717) is 26.1 Å². The van der Waals surface area contributed by atoms with Crippen molar-refractivity contribution in [3.05, 3.63) is 61.2 Å². The minimum atomic E-state index is -0.758. The lowest BCUT2D eigenvalue weighted by molar-refractivity contribution is -0.149. The first kappa shape index (κ1) is 30.4. The summed E-state index contributed by atoms with van der Waals surface area (Å²) in [4.78, 5) is 48.7. The van der Waals surface area contributed by atoms with Crippen LogP contribution in [0.2, 0.25) is 0 Å². The molecule has 3 amide bonds. The van der Waals surface area contributed by atoms with Crippen LogP contribution in [0, 0.1) is 17.8 Å². The summed E-state index contributed by atoms with van der Waals surface area (Å²) in [5.74, 6) is -1.46. The van der Waals surface area contributed by atoms with Crippen LogP contribution in [0.25, 0.3) is 0 Å². The van der Waals surface area contributed by atoms with E-state index >= 15 is 0 Å². The third kappa shape index (κ3) is 4.91. The fraction of sp³-hybridized carbons (Fsp3) is 0.594. The molecule has 1 aromatic rings. The van der Waals surface area contributed by atoms with Gasteiger partial charge in [-0.05, 0) is 45.1 Å². The zero-order valence-corrected chi connectivity index (χ0v) is 25.4. The van der Waals surface area contributed by atoms with Gasteiger partial charge in [-0.1, -0.05) is 56.3 Å². The molecule has 3 unspecified atom stereocenters. The van der Waals surface area contributed by atoms with Crippen LogP contribution in [0.1, 0.15) is 53.0 Å². The molecule has 0 aromatic heterocycles. The molecule has 1 N–H and O–H groups in total. The average Bonchev–Trinajstić information content (AvgIpc) is 3.51. The van der Waals surface area contributed by atoms with Gasteiger partial charge in [-0.2, -0.15) is 0 Å². The van der Waals surface area contributed by atoms with Gasteiger partial charge in [-0.25, -0.2) is 0 Å². The second-order valence-electron chi connectivity index (χ2n) is 12.4. The molecule has 7 atom stereocenters. The lowest BCUT2D eigenvalue weighted by Crippen LogP contribution is -2.62. The highest BCUT2D eigenvalue weighted by Gasteiger charge is 2.77. The van der Waals surface area contributed by atoms with Crippen LogP contribution in [0.3, 0.4) is 0 Å². The number of aliphatic hydroxyl groups excluding tert-OH is 1. The largest absolute Gasteiger partial charge is 0.394 e. The number of carbonyl (C=O) groups excluding carboxylic acids is 3. The van der Waals surface area contributed by atoms with Gasteiger partial charge in [0.25, 0.3) is 0 Å². The summed E-state index contributed by atoms with van der Waals surface area (Å²) >= 11 is 1.67. The van der Waals surface area contributed by atoms with Crippen LogP contribution >= 0.6 is 11.8 Å². The van der Waals surface area contributed by atoms with Crippen LogP contribution in [0.15, 0.2) is 55.6 Å².